The van der Waals surface area contributed by atoms with E-state index >= 15 is 0 Å². The lowest BCUT2D eigenvalue weighted by Gasteiger charge is -2.29. The molecule has 0 aliphatic carbocycles. The SMILES string of the molecule is CC(=O)O.CC(=O)O.CC(=O)O.CC(=O)O.C[N+](C)(C)CCO.C[N+](C)(C)CCO.C[N+](C)(C)CCO.C[N+](C)(C)CCO.O=C([O-])CC(O)(CC(=O)[O-])C(=O)[O-].O=C[O-]. The Morgan fingerprint density at radius 2 is 0.567 bits per heavy atom. The summed E-state index contributed by atoms with van der Waals surface area (Å²) >= 11 is 0. The van der Waals surface area contributed by atoms with Crippen molar-refractivity contribution in [3.63, 3.8) is 0 Å². The first-order chi connectivity index (χ1) is 26.4. The molecule has 0 aromatic rings. The van der Waals surface area contributed by atoms with Crippen LogP contribution in [0.15, 0.2) is 0 Å². The molecule has 0 bridgehead atoms. The highest BCUT2D eigenvalue weighted by atomic mass is 16.4. The zero-order valence-electron chi connectivity index (χ0n) is 38.4. The maximum atomic E-state index is 10.1. The minimum absolute atomic E-state index is 0.281. The molecule has 0 saturated heterocycles. The molecule has 0 aromatic carbocycles. The Hall–Kier alpha value is -4.60. The fourth-order valence-electron chi connectivity index (χ4n) is 1.88. The number of aliphatic hydroxyl groups excluding tert-OH is 4. The predicted molar refractivity (Wildman–Crippen MR) is 208 cm³/mol. The van der Waals surface area contributed by atoms with Crippen LogP contribution in [0.3, 0.4) is 0 Å². The molecule has 0 fully saturated rings. The monoisotopic (exact) mass is 891 g/mol. The van der Waals surface area contributed by atoms with Crippen molar-refractivity contribution in [2.24, 2.45) is 0 Å². The van der Waals surface area contributed by atoms with E-state index in [1.165, 1.54) is 0 Å². The fraction of sp³-hybridized carbons (Fsp3) is 0.771. The molecular formula is C35H78N4O21. The van der Waals surface area contributed by atoms with Crippen LogP contribution in [-0.4, -0.2) is 255 Å². The van der Waals surface area contributed by atoms with Crippen LogP contribution in [0.25, 0.3) is 0 Å². The van der Waals surface area contributed by atoms with Gasteiger partial charge in [-0.3, -0.25) is 19.2 Å². The predicted octanol–water partition coefficient (Wildman–Crippen LogP) is -7.78. The number of quaternary nitrogens is 4. The van der Waals surface area contributed by atoms with Crippen LogP contribution in [0.1, 0.15) is 40.5 Å². The number of rotatable bonds is 13. The van der Waals surface area contributed by atoms with E-state index in [-0.39, 0.29) is 26.4 Å². The number of hydrogen-bond acceptors (Lipinski definition) is 17. The molecule has 0 aliphatic rings. The number of aliphatic carboxylic acids is 7. The maximum Gasteiger partial charge on any atom is 0.300 e. The molecule has 0 aliphatic heterocycles. The number of carboxylic acid groups (broad SMARTS) is 8. The standard InChI is InChI=1S/C6H8O7.4C5H14NO.4C2H4O2.CH2O2/c7-3(8)1-6(13,5(11)12)2-4(9)10;4*1-6(2,3)4-5-7;4*1-2(3)4;2-1-3/h13H,1-2H2,(H,7,8)(H,9,10)(H,11,12);4*7H,4-5H2,1-3H3;4*1H3,(H,3,4);1H,(H,2,3)/q;4*+1;;;;;/p-4. The number of nitrogens with zero attached hydrogens (tertiary/aromatic N) is 4. The summed E-state index contributed by atoms with van der Waals surface area (Å²) in [6, 6.07) is 0. The van der Waals surface area contributed by atoms with Crippen LogP contribution in [0.2, 0.25) is 0 Å². The minimum atomic E-state index is -2.97. The Kier molecular flexibility index (Phi) is 62.4. The van der Waals surface area contributed by atoms with E-state index < -0.39 is 66.7 Å². The van der Waals surface area contributed by atoms with E-state index in [2.05, 4.69) is 84.6 Å². The van der Waals surface area contributed by atoms with Crippen molar-refractivity contribution < 1.29 is 123 Å². The number of aliphatic hydroxyl groups is 5. The Morgan fingerprint density at radius 1 is 0.450 bits per heavy atom. The molecule has 25 nitrogen and oxygen atoms in total. The summed E-state index contributed by atoms with van der Waals surface area (Å²) in [5, 5.41) is 110. The van der Waals surface area contributed by atoms with Crippen molar-refractivity contribution in [1.82, 2.24) is 0 Å². The summed E-state index contributed by atoms with van der Waals surface area (Å²) in [5.41, 5.74) is -2.97. The second-order valence-corrected chi connectivity index (χ2v) is 15.5. The van der Waals surface area contributed by atoms with Crippen molar-refractivity contribution in [3.8, 4) is 0 Å². The highest BCUT2D eigenvalue weighted by Crippen LogP contribution is 2.13. The molecular weight excluding hydrogens is 812 g/mol. The third-order valence-electron chi connectivity index (χ3n) is 4.34. The first kappa shape index (κ1) is 79.5. The lowest BCUT2D eigenvalue weighted by atomic mass is 9.96. The van der Waals surface area contributed by atoms with Crippen molar-refractivity contribution in [1.29, 1.82) is 0 Å². The third kappa shape index (κ3) is 195. The molecule has 0 heterocycles. The van der Waals surface area contributed by atoms with Gasteiger partial charge in [-0.15, -0.1) is 0 Å². The zero-order valence-corrected chi connectivity index (χ0v) is 38.4. The van der Waals surface area contributed by atoms with Crippen molar-refractivity contribution in [2.75, 3.05) is 137 Å². The van der Waals surface area contributed by atoms with E-state index in [0.717, 1.165) is 71.8 Å². The second-order valence-electron chi connectivity index (χ2n) is 15.5. The van der Waals surface area contributed by atoms with Gasteiger partial charge in [-0.05, 0) is 0 Å². The normalized spacial score (nSPS) is 9.82. The molecule has 0 saturated carbocycles. The fourth-order valence-corrected chi connectivity index (χ4v) is 1.88. The average Bonchev–Trinajstić information content (AvgIpc) is 2.90. The van der Waals surface area contributed by atoms with E-state index in [1.807, 2.05) is 0 Å². The molecule has 364 valence electrons. The first-order valence-corrected chi connectivity index (χ1v) is 17.2. The number of carboxylic acids is 7. The summed E-state index contributed by atoms with van der Waals surface area (Å²) in [7, 11) is 24.6. The molecule has 0 amide bonds. The summed E-state index contributed by atoms with van der Waals surface area (Å²) in [4.78, 5) is 74.2. The van der Waals surface area contributed by atoms with Crippen molar-refractivity contribution in [2.45, 2.75) is 46.1 Å². The Balaban J connectivity index is -0.0000000598. The average molecular weight is 891 g/mol. The molecule has 0 aromatic heterocycles. The molecule has 0 atom stereocenters. The van der Waals surface area contributed by atoms with Gasteiger partial charge in [0.05, 0.1) is 117 Å². The van der Waals surface area contributed by atoms with Gasteiger partial charge in [0.25, 0.3) is 23.9 Å². The Labute approximate surface area is 354 Å². The highest BCUT2D eigenvalue weighted by molar-refractivity contribution is 5.86. The smallest absolute Gasteiger partial charge is 0.300 e. The molecule has 25 heteroatoms. The topological polar surface area (TPSA) is 411 Å². The summed E-state index contributed by atoms with van der Waals surface area (Å²) in [6.45, 7) is 8.29. The van der Waals surface area contributed by atoms with E-state index in [0.29, 0.717) is 0 Å². The van der Waals surface area contributed by atoms with Crippen molar-refractivity contribution in [3.05, 3.63) is 0 Å². The van der Waals surface area contributed by atoms with E-state index in [9.17, 15) is 29.7 Å². The Bertz CT molecular complexity index is 950. The number of carbonyl (C=O) groups is 8. The Morgan fingerprint density at radius 3 is 0.600 bits per heavy atom. The van der Waals surface area contributed by atoms with Crippen LogP contribution in [0, 0.1) is 0 Å². The van der Waals surface area contributed by atoms with Crippen LogP contribution < -0.4 is 20.4 Å². The minimum Gasteiger partial charge on any atom is -0.554 e. The third-order valence-corrected chi connectivity index (χ3v) is 4.34. The molecule has 0 spiro atoms. The molecule has 0 rings (SSSR count). The highest BCUT2D eigenvalue weighted by Gasteiger charge is 2.29. The van der Waals surface area contributed by atoms with Crippen LogP contribution in [-0.2, 0) is 38.4 Å². The number of likely N-dealkylation sites (N-methyl/N-ethyl adjacent to an activating group) is 4. The van der Waals surface area contributed by atoms with E-state index in [1.54, 1.807) is 0 Å². The molecule has 9 N–H and O–H groups in total. The van der Waals surface area contributed by atoms with Crippen LogP contribution >= 0.6 is 0 Å². The van der Waals surface area contributed by atoms with Crippen LogP contribution in [0.5, 0.6) is 0 Å². The van der Waals surface area contributed by atoms with Gasteiger partial charge < -0.3 is 103 Å². The second kappa shape index (κ2) is 47.1. The number of hydrogen-bond donors (Lipinski definition) is 9. The van der Waals surface area contributed by atoms with Gasteiger partial charge in [0, 0.05) is 58.9 Å². The van der Waals surface area contributed by atoms with Gasteiger partial charge in [-0.2, -0.15) is 0 Å². The van der Waals surface area contributed by atoms with E-state index in [4.69, 9.17) is 75.0 Å². The number of carbonyl (C=O) groups excluding carboxylic acids is 4. The van der Waals surface area contributed by atoms with Gasteiger partial charge in [0.15, 0.2) is 0 Å². The molecule has 60 heavy (non-hydrogen) atoms. The molecule has 0 radical (unpaired) electrons. The van der Waals surface area contributed by atoms with Gasteiger partial charge in [-0.1, -0.05) is 0 Å². The lowest BCUT2D eigenvalue weighted by molar-refractivity contribution is -0.870. The quantitative estimate of drug-likeness (QED) is 0.0612. The first-order valence-electron chi connectivity index (χ1n) is 17.2. The van der Waals surface area contributed by atoms with Crippen molar-refractivity contribution >= 4 is 48.3 Å². The van der Waals surface area contributed by atoms with Gasteiger partial charge >= 0.3 is 0 Å². The van der Waals surface area contributed by atoms with Gasteiger partial charge in [0.1, 0.15) is 31.8 Å². The van der Waals surface area contributed by atoms with Crippen LogP contribution in [0.4, 0.5) is 0 Å². The largest absolute Gasteiger partial charge is 0.554 e. The summed E-state index contributed by atoms with van der Waals surface area (Å²) in [5.74, 6) is -9.32. The summed E-state index contributed by atoms with van der Waals surface area (Å²) in [6.07, 6.45) is -2.72. The lowest BCUT2D eigenvalue weighted by Crippen LogP contribution is -2.54. The van der Waals surface area contributed by atoms with Gasteiger partial charge in [-0.25, -0.2) is 0 Å². The maximum absolute atomic E-state index is 10.1. The van der Waals surface area contributed by atoms with Gasteiger partial charge in [0.2, 0.25) is 0 Å². The zero-order chi connectivity index (χ0) is 51.3. The molecule has 0 unspecified atom stereocenters. The summed E-state index contributed by atoms with van der Waals surface area (Å²) < 4.78 is 3.38.